The first-order valence-electron chi connectivity index (χ1n) is 6.94. The van der Waals surface area contributed by atoms with Gasteiger partial charge in [0.25, 0.3) is 0 Å². The van der Waals surface area contributed by atoms with Crippen LogP contribution in [0.5, 0.6) is 0 Å². The Labute approximate surface area is 120 Å². The number of rotatable bonds is 7. The minimum atomic E-state index is 0.713. The van der Waals surface area contributed by atoms with Crippen molar-refractivity contribution < 1.29 is 0 Å². The van der Waals surface area contributed by atoms with Crippen molar-refractivity contribution >= 4 is 15.9 Å². The average Bonchev–Trinajstić information content (AvgIpc) is 2.30. The average molecular weight is 312 g/mol. The molecule has 0 saturated carbocycles. The van der Waals surface area contributed by atoms with Crippen LogP contribution in [0.15, 0.2) is 28.7 Å². The predicted molar refractivity (Wildman–Crippen MR) is 83.9 cm³/mol. The molecule has 1 unspecified atom stereocenters. The normalized spacial score (nSPS) is 13.3. The number of nitrogens with one attached hydrogen (secondary N) is 1. The lowest BCUT2D eigenvalue weighted by Gasteiger charge is -2.22. The van der Waals surface area contributed by atoms with Crippen LogP contribution in [0.1, 0.15) is 33.3 Å². The number of hydrogen-bond donors (Lipinski definition) is 1. The van der Waals surface area contributed by atoms with Gasteiger partial charge in [0.2, 0.25) is 0 Å². The Kier molecular flexibility index (Phi) is 6.95. The molecule has 0 aliphatic heterocycles. The molecule has 1 N–H and O–H groups in total. The first kappa shape index (κ1) is 15.7. The summed E-state index contributed by atoms with van der Waals surface area (Å²) in [5.41, 5.74) is 1.43. The molecule has 0 amide bonds. The highest BCUT2D eigenvalue weighted by molar-refractivity contribution is 9.10. The lowest BCUT2D eigenvalue weighted by Crippen LogP contribution is -2.30. The van der Waals surface area contributed by atoms with E-state index in [0.29, 0.717) is 11.8 Å². The van der Waals surface area contributed by atoms with Gasteiger partial charge in [-0.05, 0) is 55.0 Å². The van der Waals surface area contributed by atoms with Crippen molar-refractivity contribution in [2.24, 2.45) is 17.8 Å². The van der Waals surface area contributed by atoms with Gasteiger partial charge >= 0.3 is 0 Å². The van der Waals surface area contributed by atoms with Gasteiger partial charge in [-0.3, -0.25) is 0 Å². The number of hydrogen-bond acceptors (Lipinski definition) is 1. The van der Waals surface area contributed by atoms with Gasteiger partial charge in [-0.25, -0.2) is 0 Å². The molecular weight excluding hydrogens is 286 g/mol. The largest absolute Gasteiger partial charge is 0.316 e. The van der Waals surface area contributed by atoms with E-state index >= 15 is 0 Å². The number of benzene rings is 1. The maximum atomic E-state index is 3.59. The summed E-state index contributed by atoms with van der Waals surface area (Å²) in [5, 5.41) is 3.59. The summed E-state index contributed by atoms with van der Waals surface area (Å²) in [5.74, 6) is 2.16. The van der Waals surface area contributed by atoms with Crippen molar-refractivity contribution in [1.82, 2.24) is 5.32 Å². The fourth-order valence-electron chi connectivity index (χ4n) is 2.02. The van der Waals surface area contributed by atoms with Crippen LogP contribution in [0.25, 0.3) is 0 Å². The molecule has 0 fully saturated rings. The van der Waals surface area contributed by atoms with E-state index < -0.39 is 0 Å². The minimum Gasteiger partial charge on any atom is -0.316 e. The molecule has 2 heteroatoms. The van der Waals surface area contributed by atoms with Crippen molar-refractivity contribution in [1.29, 1.82) is 0 Å². The van der Waals surface area contributed by atoms with Crippen LogP contribution in [-0.2, 0) is 6.42 Å². The Bertz CT molecular complexity index is 329. The summed E-state index contributed by atoms with van der Waals surface area (Å²) in [6.07, 6.45) is 1.16. The van der Waals surface area contributed by atoms with Crippen LogP contribution in [-0.4, -0.2) is 13.1 Å². The third kappa shape index (κ3) is 6.01. The third-order valence-corrected chi connectivity index (χ3v) is 3.84. The molecule has 102 valence electrons. The molecule has 1 aromatic rings. The highest BCUT2D eigenvalue weighted by Gasteiger charge is 2.13. The molecule has 0 aliphatic rings. The maximum Gasteiger partial charge on any atom is 0.0175 e. The lowest BCUT2D eigenvalue weighted by atomic mass is 9.89. The van der Waals surface area contributed by atoms with Gasteiger partial charge in [0, 0.05) is 4.47 Å². The molecule has 1 aromatic carbocycles. The second kappa shape index (κ2) is 7.96. The molecule has 0 radical (unpaired) electrons. The van der Waals surface area contributed by atoms with Crippen LogP contribution in [0.3, 0.4) is 0 Å². The van der Waals surface area contributed by atoms with E-state index in [2.05, 4.69) is 73.2 Å². The summed E-state index contributed by atoms with van der Waals surface area (Å²) < 4.78 is 1.16. The maximum absolute atomic E-state index is 3.59. The Morgan fingerprint density at radius 2 is 1.61 bits per heavy atom. The molecule has 1 nitrogen and oxygen atoms in total. The van der Waals surface area contributed by atoms with Crippen molar-refractivity contribution in [3.8, 4) is 0 Å². The Balaban J connectivity index is 2.49. The van der Waals surface area contributed by atoms with E-state index in [9.17, 15) is 0 Å². The summed E-state index contributed by atoms with van der Waals surface area (Å²) in [6, 6.07) is 8.71. The molecule has 18 heavy (non-hydrogen) atoms. The van der Waals surface area contributed by atoms with Crippen molar-refractivity contribution in [2.75, 3.05) is 13.1 Å². The second-order valence-electron chi connectivity index (χ2n) is 5.89. The van der Waals surface area contributed by atoms with Crippen LogP contribution in [0, 0.1) is 17.8 Å². The van der Waals surface area contributed by atoms with Gasteiger partial charge in [0.05, 0.1) is 0 Å². The summed E-state index contributed by atoms with van der Waals surface area (Å²) >= 11 is 3.49. The molecular formula is C16H26BrN. The second-order valence-corrected chi connectivity index (χ2v) is 6.80. The van der Waals surface area contributed by atoms with Crippen molar-refractivity contribution in [2.45, 2.75) is 34.1 Å². The Morgan fingerprint density at radius 3 is 2.11 bits per heavy atom. The van der Waals surface area contributed by atoms with Gasteiger partial charge in [-0.15, -0.1) is 0 Å². The zero-order valence-electron chi connectivity index (χ0n) is 12.0. The molecule has 1 atom stereocenters. The molecule has 0 spiro atoms. The van der Waals surface area contributed by atoms with Crippen molar-refractivity contribution in [3.05, 3.63) is 34.3 Å². The van der Waals surface area contributed by atoms with Gasteiger partial charge in [-0.1, -0.05) is 55.8 Å². The summed E-state index contributed by atoms with van der Waals surface area (Å²) in [7, 11) is 0. The van der Waals surface area contributed by atoms with E-state index in [1.807, 2.05) is 0 Å². The fraction of sp³-hybridized carbons (Fsp3) is 0.625. The Hall–Kier alpha value is -0.340. The zero-order valence-corrected chi connectivity index (χ0v) is 13.6. The summed E-state index contributed by atoms with van der Waals surface area (Å²) in [4.78, 5) is 0. The standard InChI is InChI=1S/C16H26BrN/c1-12(2)10-18-11-15(13(3)4)9-14-5-7-16(17)8-6-14/h5-8,12-13,15,18H,9-11H2,1-4H3. The topological polar surface area (TPSA) is 12.0 Å². The van der Waals surface area contributed by atoms with Gasteiger partial charge < -0.3 is 5.32 Å². The molecule has 1 rings (SSSR count). The van der Waals surface area contributed by atoms with Crippen molar-refractivity contribution in [3.63, 3.8) is 0 Å². The Morgan fingerprint density at radius 1 is 1.00 bits per heavy atom. The molecule has 0 aliphatic carbocycles. The van der Waals surface area contributed by atoms with E-state index in [1.165, 1.54) is 5.56 Å². The van der Waals surface area contributed by atoms with Crippen LogP contribution in [0.4, 0.5) is 0 Å². The highest BCUT2D eigenvalue weighted by atomic mass is 79.9. The smallest absolute Gasteiger partial charge is 0.0175 e. The first-order valence-corrected chi connectivity index (χ1v) is 7.73. The van der Waals surface area contributed by atoms with E-state index in [-0.39, 0.29) is 0 Å². The van der Waals surface area contributed by atoms with E-state index in [0.717, 1.165) is 29.9 Å². The fourth-order valence-corrected chi connectivity index (χ4v) is 2.29. The SMILES string of the molecule is CC(C)CNCC(Cc1ccc(Br)cc1)C(C)C. The van der Waals surface area contributed by atoms with Gasteiger partial charge in [-0.2, -0.15) is 0 Å². The number of halogens is 1. The van der Waals surface area contributed by atoms with E-state index in [1.54, 1.807) is 0 Å². The third-order valence-electron chi connectivity index (χ3n) is 3.31. The molecule has 0 saturated heterocycles. The van der Waals surface area contributed by atoms with Gasteiger partial charge in [0.1, 0.15) is 0 Å². The van der Waals surface area contributed by atoms with Crippen LogP contribution < -0.4 is 5.32 Å². The molecule has 0 aromatic heterocycles. The van der Waals surface area contributed by atoms with Gasteiger partial charge in [0.15, 0.2) is 0 Å². The monoisotopic (exact) mass is 311 g/mol. The minimum absolute atomic E-state index is 0.713. The quantitative estimate of drug-likeness (QED) is 0.781. The molecule has 0 bridgehead atoms. The first-order chi connectivity index (χ1) is 8.49. The van der Waals surface area contributed by atoms with Crippen LogP contribution >= 0.6 is 15.9 Å². The zero-order chi connectivity index (χ0) is 13.5. The predicted octanol–water partition coefficient (Wildman–Crippen LogP) is 4.51. The van der Waals surface area contributed by atoms with Crippen LogP contribution in [0.2, 0.25) is 0 Å². The van der Waals surface area contributed by atoms with E-state index in [4.69, 9.17) is 0 Å². The molecule has 0 heterocycles. The lowest BCUT2D eigenvalue weighted by molar-refractivity contribution is 0.352. The summed E-state index contributed by atoms with van der Waals surface area (Å²) in [6.45, 7) is 11.4. The highest BCUT2D eigenvalue weighted by Crippen LogP contribution is 2.18.